The predicted molar refractivity (Wildman–Crippen MR) is 140 cm³/mol. The molecule has 2 aliphatic rings. The Hall–Kier alpha value is -4.57. The van der Waals surface area contributed by atoms with Gasteiger partial charge in [0.1, 0.15) is 6.61 Å². The van der Waals surface area contributed by atoms with Gasteiger partial charge in [-0.1, -0.05) is 36.4 Å². The van der Waals surface area contributed by atoms with E-state index in [-0.39, 0.29) is 17.7 Å². The van der Waals surface area contributed by atoms with Gasteiger partial charge in [-0.25, -0.2) is 9.64 Å². The van der Waals surface area contributed by atoms with Gasteiger partial charge in [-0.15, -0.1) is 0 Å². The molecule has 3 heterocycles. The summed E-state index contributed by atoms with van der Waals surface area (Å²) in [5, 5.41) is 1.59. The second-order valence-corrected chi connectivity index (χ2v) is 9.26. The Kier molecular flexibility index (Phi) is 5.23. The van der Waals surface area contributed by atoms with E-state index in [0.717, 1.165) is 46.5 Å². The van der Waals surface area contributed by atoms with Gasteiger partial charge in [0, 0.05) is 42.6 Å². The Morgan fingerprint density at radius 1 is 0.944 bits per heavy atom. The molecule has 4 aromatic rings. The number of anilines is 1. The van der Waals surface area contributed by atoms with Gasteiger partial charge in [0.2, 0.25) is 0 Å². The minimum absolute atomic E-state index is 0.0711. The van der Waals surface area contributed by atoms with Crippen LogP contribution in [0.15, 0.2) is 77.7 Å². The zero-order chi connectivity index (χ0) is 24.8. The molecule has 6 rings (SSSR count). The van der Waals surface area contributed by atoms with Crippen LogP contribution in [0.5, 0.6) is 0 Å². The first-order valence-corrected chi connectivity index (χ1v) is 11.9. The van der Waals surface area contributed by atoms with Gasteiger partial charge in [0.25, 0.3) is 5.56 Å². The summed E-state index contributed by atoms with van der Waals surface area (Å²) in [6.07, 6.45) is 1.68. The number of rotatable bonds is 3. The van der Waals surface area contributed by atoms with Crippen molar-refractivity contribution >= 4 is 28.2 Å². The SMILES string of the molecule is [C-]#[N+]c1ccc(-c2cccc3c(=O)n(-c4ccc(N5CCN6C(=O)OCC6C5)cc4)cc(C)c23)cc1. The number of aryl methyl sites for hydroxylation is 1. The predicted octanol–water partition coefficient (Wildman–Crippen LogP) is 5.16. The number of pyridine rings is 1. The molecule has 36 heavy (non-hydrogen) atoms. The van der Waals surface area contributed by atoms with Crippen LogP contribution in [0.4, 0.5) is 16.2 Å². The Morgan fingerprint density at radius 3 is 2.44 bits per heavy atom. The lowest BCUT2D eigenvalue weighted by Gasteiger charge is -2.36. The average molecular weight is 477 g/mol. The van der Waals surface area contributed by atoms with Crippen LogP contribution in [-0.2, 0) is 4.74 Å². The van der Waals surface area contributed by atoms with E-state index in [1.165, 1.54) is 0 Å². The first-order chi connectivity index (χ1) is 17.5. The molecule has 1 unspecified atom stereocenters. The van der Waals surface area contributed by atoms with E-state index in [1.54, 1.807) is 21.6 Å². The molecule has 0 saturated carbocycles. The highest BCUT2D eigenvalue weighted by Crippen LogP contribution is 2.31. The Balaban J connectivity index is 1.34. The van der Waals surface area contributed by atoms with Crippen LogP contribution < -0.4 is 10.5 Å². The summed E-state index contributed by atoms with van der Waals surface area (Å²) in [4.78, 5) is 32.9. The summed E-state index contributed by atoms with van der Waals surface area (Å²) in [5.41, 5.74) is 5.35. The molecule has 0 bridgehead atoms. The van der Waals surface area contributed by atoms with Crippen molar-refractivity contribution in [2.24, 2.45) is 0 Å². The second kappa shape index (κ2) is 8.58. The fourth-order valence-electron chi connectivity index (χ4n) is 5.30. The van der Waals surface area contributed by atoms with E-state index in [0.29, 0.717) is 24.2 Å². The van der Waals surface area contributed by atoms with Crippen LogP contribution in [0.1, 0.15) is 5.56 Å². The number of aromatic nitrogens is 1. The molecule has 3 aromatic carbocycles. The molecule has 1 amide bonds. The average Bonchev–Trinajstić information content (AvgIpc) is 3.30. The molecule has 178 valence electrons. The number of hydrogen-bond donors (Lipinski definition) is 0. The van der Waals surface area contributed by atoms with E-state index in [9.17, 15) is 9.59 Å². The quantitative estimate of drug-likeness (QED) is 0.384. The number of benzene rings is 3. The third-order valence-electron chi connectivity index (χ3n) is 7.15. The number of cyclic esters (lactones) is 1. The van der Waals surface area contributed by atoms with E-state index < -0.39 is 0 Å². The van der Waals surface area contributed by atoms with Crippen molar-refractivity contribution < 1.29 is 9.53 Å². The van der Waals surface area contributed by atoms with Crippen LogP contribution in [0.2, 0.25) is 0 Å². The number of nitrogens with zero attached hydrogens (tertiary/aromatic N) is 4. The van der Waals surface area contributed by atoms with Crippen LogP contribution in [0.3, 0.4) is 0 Å². The topological polar surface area (TPSA) is 59.1 Å². The van der Waals surface area contributed by atoms with Crippen LogP contribution in [-0.4, -0.2) is 47.8 Å². The third-order valence-corrected chi connectivity index (χ3v) is 7.15. The summed E-state index contributed by atoms with van der Waals surface area (Å²) >= 11 is 0. The van der Waals surface area contributed by atoms with Gasteiger partial charge in [-0.3, -0.25) is 14.3 Å². The highest BCUT2D eigenvalue weighted by molar-refractivity contribution is 5.98. The van der Waals surface area contributed by atoms with Gasteiger partial charge in [-0.05, 0) is 59.3 Å². The van der Waals surface area contributed by atoms with Crippen LogP contribution in [0.25, 0.3) is 32.4 Å². The molecule has 0 aliphatic carbocycles. The molecule has 0 N–H and O–H groups in total. The number of carbonyl (C=O) groups excluding carboxylic acids is 1. The molecular weight excluding hydrogens is 452 g/mol. The first-order valence-electron chi connectivity index (χ1n) is 11.9. The van der Waals surface area contributed by atoms with E-state index in [2.05, 4.69) is 9.74 Å². The van der Waals surface area contributed by atoms with Crippen molar-refractivity contribution in [2.75, 3.05) is 31.1 Å². The highest BCUT2D eigenvalue weighted by atomic mass is 16.6. The summed E-state index contributed by atoms with van der Waals surface area (Å²) in [6, 6.07) is 21.4. The van der Waals surface area contributed by atoms with Crippen molar-refractivity contribution in [1.82, 2.24) is 9.47 Å². The fraction of sp³-hybridized carbons (Fsp3) is 0.207. The van der Waals surface area contributed by atoms with Crippen molar-refractivity contribution in [3.63, 3.8) is 0 Å². The standard InChI is InChI=1S/C29H24N4O3/c1-19-16-33(23-12-10-22(11-13-23)31-14-15-32-24(17-31)18-36-29(32)35)28(34)26-5-3-4-25(27(19)26)20-6-8-21(30-2)9-7-20/h3-13,16,24H,14-15,17-18H2,1H3. The molecule has 1 aromatic heterocycles. The minimum atomic E-state index is -0.218. The summed E-state index contributed by atoms with van der Waals surface area (Å²) in [6.45, 7) is 11.8. The molecule has 1 atom stereocenters. The lowest BCUT2D eigenvalue weighted by Crippen LogP contribution is -2.52. The monoisotopic (exact) mass is 476 g/mol. The van der Waals surface area contributed by atoms with Gasteiger partial charge >= 0.3 is 6.09 Å². The summed E-state index contributed by atoms with van der Waals surface area (Å²) in [7, 11) is 0. The van der Waals surface area contributed by atoms with E-state index in [1.807, 2.05) is 67.7 Å². The normalized spacial score (nSPS) is 17.1. The smallest absolute Gasteiger partial charge is 0.410 e. The summed E-state index contributed by atoms with van der Waals surface area (Å²) < 4.78 is 6.88. The van der Waals surface area contributed by atoms with Crippen molar-refractivity contribution in [1.29, 1.82) is 0 Å². The number of hydrogen-bond acceptors (Lipinski definition) is 4. The molecular formula is C29H24N4O3. The number of fused-ring (bicyclic) bond motifs is 2. The van der Waals surface area contributed by atoms with Crippen LogP contribution in [0, 0.1) is 13.5 Å². The first kappa shape index (κ1) is 21.9. The largest absolute Gasteiger partial charge is 0.447 e. The number of ether oxygens (including phenoxy) is 1. The summed E-state index contributed by atoms with van der Waals surface area (Å²) in [5.74, 6) is 0. The number of carbonyl (C=O) groups is 1. The third kappa shape index (κ3) is 3.59. The maximum atomic E-state index is 13.6. The molecule has 7 heteroatoms. The van der Waals surface area contributed by atoms with Gasteiger partial charge in [-0.2, -0.15) is 0 Å². The van der Waals surface area contributed by atoms with E-state index >= 15 is 0 Å². The minimum Gasteiger partial charge on any atom is -0.447 e. The molecule has 2 saturated heterocycles. The Morgan fingerprint density at radius 2 is 1.69 bits per heavy atom. The van der Waals surface area contributed by atoms with Gasteiger partial charge in [0.05, 0.1) is 12.6 Å². The van der Waals surface area contributed by atoms with Gasteiger partial charge in [0.15, 0.2) is 5.69 Å². The highest BCUT2D eigenvalue weighted by Gasteiger charge is 2.37. The maximum absolute atomic E-state index is 13.6. The van der Waals surface area contributed by atoms with Crippen molar-refractivity contribution in [3.8, 4) is 16.8 Å². The molecule has 2 aliphatic heterocycles. The van der Waals surface area contributed by atoms with Crippen LogP contribution >= 0.6 is 0 Å². The molecule has 2 fully saturated rings. The van der Waals surface area contributed by atoms with Gasteiger partial charge < -0.3 is 9.64 Å². The van der Waals surface area contributed by atoms with Crippen molar-refractivity contribution in [3.05, 3.63) is 100 Å². The number of amides is 1. The zero-order valence-electron chi connectivity index (χ0n) is 19.8. The maximum Gasteiger partial charge on any atom is 0.410 e. The number of piperazine rings is 1. The van der Waals surface area contributed by atoms with E-state index in [4.69, 9.17) is 11.3 Å². The molecule has 0 radical (unpaired) electrons. The molecule has 7 nitrogen and oxygen atoms in total. The lowest BCUT2D eigenvalue weighted by atomic mass is 9.96. The second-order valence-electron chi connectivity index (χ2n) is 9.26. The Bertz CT molecular complexity index is 1580. The molecule has 0 spiro atoms. The zero-order valence-corrected chi connectivity index (χ0v) is 19.8. The lowest BCUT2D eigenvalue weighted by molar-refractivity contribution is 0.157. The fourth-order valence-corrected chi connectivity index (χ4v) is 5.30. The van der Waals surface area contributed by atoms with Crippen molar-refractivity contribution in [2.45, 2.75) is 13.0 Å². The Labute approximate surface area is 208 Å².